The van der Waals surface area contributed by atoms with Crippen LogP contribution in [0, 0.1) is 0 Å². The molecule has 4 rings (SSSR count). The topological polar surface area (TPSA) is 32.3 Å². The maximum atomic E-state index is 13.4. The van der Waals surface area contributed by atoms with E-state index in [9.17, 15) is 13.2 Å². The summed E-state index contributed by atoms with van der Waals surface area (Å²) in [5.74, 6) is 0.526. The van der Waals surface area contributed by atoms with Crippen LogP contribution >= 0.6 is 0 Å². The summed E-state index contributed by atoms with van der Waals surface area (Å²) < 4.78 is 40.1. The number of anilines is 1. The van der Waals surface area contributed by atoms with Gasteiger partial charge in [0.2, 0.25) is 0 Å². The average Bonchev–Trinajstić information content (AvgIpc) is 3.09. The van der Waals surface area contributed by atoms with E-state index in [2.05, 4.69) is 20.0 Å². The molecule has 7 heteroatoms. The van der Waals surface area contributed by atoms with Crippen molar-refractivity contribution in [3.63, 3.8) is 0 Å². The lowest BCUT2D eigenvalue weighted by molar-refractivity contribution is -0.141. The van der Waals surface area contributed by atoms with Gasteiger partial charge in [0, 0.05) is 31.2 Å². The second-order valence-electron chi connectivity index (χ2n) is 6.61. The first-order valence-electron chi connectivity index (χ1n) is 8.52. The third-order valence-electron chi connectivity index (χ3n) is 5.05. The Balaban J connectivity index is 1.70. The maximum Gasteiger partial charge on any atom is 0.435 e. The number of piperazine rings is 1. The second kappa shape index (κ2) is 6.29. The fourth-order valence-corrected chi connectivity index (χ4v) is 3.78. The molecule has 2 aromatic rings. The fourth-order valence-electron chi connectivity index (χ4n) is 3.78. The van der Waals surface area contributed by atoms with Crippen LogP contribution in [0.5, 0.6) is 0 Å². The highest BCUT2D eigenvalue weighted by atomic mass is 19.4. The smallest absolute Gasteiger partial charge is 0.352 e. The predicted molar refractivity (Wildman–Crippen MR) is 89.3 cm³/mol. The summed E-state index contributed by atoms with van der Waals surface area (Å²) in [6.45, 7) is 3.61. The Kier molecular flexibility index (Phi) is 4.11. The molecule has 4 nitrogen and oxygen atoms in total. The summed E-state index contributed by atoms with van der Waals surface area (Å²) in [4.78, 5) is 4.51. The van der Waals surface area contributed by atoms with E-state index in [1.165, 1.54) is 12.5 Å². The molecule has 1 aromatic heterocycles. The first-order chi connectivity index (χ1) is 12.0. The predicted octanol–water partition coefficient (Wildman–Crippen LogP) is 3.45. The molecule has 0 radical (unpaired) electrons. The molecule has 1 atom stereocenters. The molecule has 2 aliphatic heterocycles. The molecule has 2 fully saturated rings. The van der Waals surface area contributed by atoms with E-state index in [1.54, 1.807) is 30.3 Å². The van der Waals surface area contributed by atoms with Gasteiger partial charge in [0.1, 0.15) is 0 Å². The Morgan fingerprint density at radius 1 is 1.00 bits per heavy atom. The fraction of sp³-hybridized carbons (Fsp3) is 0.444. The molecule has 1 unspecified atom stereocenters. The van der Waals surface area contributed by atoms with Crippen molar-refractivity contribution in [3.8, 4) is 11.1 Å². The van der Waals surface area contributed by atoms with Gasteiger partial charge in [0.05, 0.1) is 0 Å². The molecule has 132 valence electrons. The zero-order valence-electron chi connectivity index (χ0n) is 13.7. The Bertz CT molecular complexity index is 748. The van der Waals surface area contributed by atoms with Gasteiger partial charge in [0.15, 0.2) is 11.5 Å². The molecule has 0 aliphatic carbocycles. The minimum Gasteiger partial charge on any atom is -0.352 e. The molecule has 25 heavy (non-hydrogen) atoms. The molecule has 3 heterocycles. The average molecular weight is 348 g/mol. The Hall–Kier alpha value is -2.15. The van der Waals surface area contributed by atoms with Crippen molar-refractivity contribution in [3.05, 3.63) is 42.1 Å². The van der Waals surface area contributed by atoms with Crippen LogP contribution in [0.15, 0.2) is 36.4 Å². The molecule has 0 amide bonds. The van der Waals surface area contributed by atoms with E-state index in [1.807, 2.05) is 0 Å². The SMILES string of the molecule is FC(F)(F)c1nnc(N2CCN3CCCC3C2)cc1-c1ccccc1. The van der Waals surface area contributed by atoms with Gasteiger partial charge in [0.25, 0.3) is 0 Å². The van der Waals surface area contributed by atoms with E-state index < -0.39 is 11.9 Å². The van der Waals surface area contributed by atoms with Crippen molar-refractivity contribution in [1.29, 1.82) is 0 Å². The summed E-state index contributed by atoms with van der Waals surface area (Å²) in [6, 6.07) is 10.6. The van der Waals surface area contributed by atoms with Crippen LogP contribution in [-0.2, 0) is 6.18 Å². The molecule has 0 bridgehead atoms. The molecule has 2 saturated heterocycles. The van der Waals surface area contributed by atoms with Crippen LogP contribution < -0.4 is 4.90 Å². The van der Waals surface area contributed by atoms with Gasteiger partial charge < -0.3 is 4.90 Å². The summed E-state index contributed by atoms with van der Waals surface area (Å²) in [6.07, 6.45) is -2.20. The van der Waals surface area contributed by atoms with Crippen molar-refractivity contribution < 1.29 is 13.2 Å². The highest BCUT2D eigenvalue weighted by Gasteiger charge is 2.37. The zero-order chi connectivity index (χ0) is 17.4. The molecule has 1 aromatic carbocycles. The molecule has 0 N–H and O–H groups in total. The van der Waals surface area contributed by atoms with Crippen molar-refractivity contribution in [1.82, 2.24) is 15.1 Å². The Morgan fingerprint density at radius 2 is 1.80 bits per heavy atom. The number of aromatic nitrogens is 2. The maximum absolute atomic E-state index is 13.4. The Morgan fingerprint density at radius 3 is 2.56 bits per heavy atom. The third kappa shape index (κ3) is 3.20. The summed E-state index contributed by atoms with van der Waals surface area (Å²) in [5, 5.41) is 7.46. The summed E-state index contributed by atoms with van der Waals surface area (Å²) in [7, 11) is 0. The van der Waals surface area contributed by atoms with E-state index in [4.69, 9.17) is 0 Å². The normalized spacial score (nSPS) is 21.4. The van der Waals surface area contributed by atoms with Crippen LogP contribution in [0.3, 0.4) is 0 Å². The van der Waals surface area contributed by atoms with E-state index in [0.29, 0.717) is 17.4 Å². The van der Waals surface area contributed by atoms with Crippen molar-refractivity contribution in [2.75, 3.05) is 31.1 Å². The number of alkyl halides is 3. The molecular weight excluding hydrogens is 329 g/mol. The molecule has 2 aliphatic rings. The Labute approximate surface area is 144 Å². The van der Waals surface area contributed by atoms with Crippen LogP contribution in [-0.4, -0.2) is 47.3 Å². The van der Waals surface area contributed by atoms with Crippen LogP contribution in [0.2, 0.25) is 0 Å². The third-order valence-corrected chi connectivity index (χ3v) is 5.05. The highest BCUT2D eigenvalue weighted by Crippen LogP contribution is 2.37. The lowest BCUT2D eigenvalue weighted by Gasteiger charge is -2.38. The lowest BCUT2D eigenvalue weighted by Crippen LogP contribution is -2.50. The van der Waals surface area contributed by atoms with Crippen LogP contribution in [0.1, 0.15) is 18.5 Å². The lowest BCUT2D eigenvalue weighted by atomic mass is 10.0. The minimum absolute atomic E-state index is 0.0898. The van der Waals surface area contributed by atoms with Gasteiger partial charge in [-0.25, -0.2) is 0 Å². The molecular formula is C18H19F3N4. The van der Waals surface area contributed by atoms with E-state index >= 15 is 0 Å². The zero-order valence-corrected chi connectivity index (χ0v) is 13.7. The number of halogens is 3. The monoisotopic (exact) mass is 348 g/mol. The van der Waals surface area contributed by atoms with Gasteiger partial charge in [-0.15, -0.1) is 10.2 Å². The van der Waals surface area contributed by atoms with E-state index in [0.717, 1.165) is 32.6 Å². The molecule has 0 saturated carbocycles. The number of rotatable bonds is 2. The first-order valence-corrected chi connectivity index (χ1v) is 8.52. The van der Waals surface area contributed by atoms with Crippen molar-refractivity contribution in [2.24, 2.45) is 0 Å². The first kappa shape index (κ1) is 16.3. The van der Waals surface area contributed by atoms with Gasteiger partial charge in [-0.1, -0.05) is 30.3 Å². The van der Waals surface area contributed by atoms with Crippen molar-refractivity contribution in [2.45, 2.75) is 25.1 Å². The summed E-state index contributed by atoms with van der Waals surface area (Å²) >= 11 is 0. The van der Waals surface area contributed by atoms with Gasteiger partial charge in [-0.3, -0.25) is 4.90 Å². The number of benzene rings is 1. The van der Waals surface area contributed by atoms with Gasteiger partial charge >= 0.3 is 6.18 Å². The van der Waals surface area contributed by atoms with Gasteiger partial charge in [-0.2, -0.15) is 13.2 Å². The number of hydrogen-bond acceptors (Lipinski definition) is 4. The van der Waals surface area contributed by atoms with E-state index in [-0.39, 0.29) is 5.56 Å². The standard InChI is InChI=1S/C18H19F3N4/c19-18(20,21)17-15(13-5-2-1-3-6-13)11-16(22-23-17)25-10-9-24-8-4-7-14(24)12-25/h1-3,5-6,11,14H,4,7-10,12H2. The molecule has 0 spiro atoms. The number of nitrogens with zero attached hydrogens (tertiary/aromatic N) is 4. The second-order valence-corrected chi connectivity index (χ2v) is 6.61. The van der Waals surface area contributed by atoms with Crippen LogP contribution in [0.4, 0.5) is 19.0 Å². The summed E-state index contributed by atoms with van der Waals surface area (Å²) in [5.41, 5.74) is -0.334. The van der Waals surface area contributed by atoms with Crippen LogP contribution in [0.25, 0.3) is 11.1 Å². The quantitative estimate of drug-likeness (QED) is 0.832. The van der Waals surface area contributed by atoms with Gasteiger partial charge in [-0.05, 0) is 31.0 Å². The highest BCUT2D eigenvalue weighted by molar-refractivity contribution is 5.69. The number of hydrogen-bond donors (Lipinski definition) is 0. The number of fused-ring (bicyclic) bond motifs is 1. The minimum atomic E-state index is -4.53. The largest absolute Gasteiger partial charge is 0.435 e. The van der Waals surface area contributed by atoms with Crippen molar-refractivity contribution >= 4 is 5.82 Å².